The molecule has 1 saturated heterocycles. The second kappa shape index (κ2) is 8.08. The summed E-state index contributed by atoms with van der Waals surface area (Å²) in [5, 5.41) is 6.28. The number of urea groups is 1. The Morgan fingerprint density at radius 1 is 0.875 bits per heavy atom. The van der Waals surface area contributed by atoms with Crippen molar-refractivity contribution in [2.24, 2.45) is 11.8 Å². The summed E-state index contributed by atoms with van der Waals surface area (Å²) in [6.07, 6.45) is 10.3. The van der Waals surface area contributed by atoms with Gasteiger partial charge in [-0.15, -0.1) is 0 Å². The van der Waals surface area contributed by atoms with Gasteiger partial charge in [0.15, 0.2) is 0 Å². The van der Waals surface area contributed by atoms with Gasteiger partial charge in [-0.3, -0.25) is 0 Å². The van der Waals surface area contributed by atoms with E-state index in [2.05, 4.69) is 10.6 Å². The van der Waals surface area contributed by atoms with Crippen LogP contribution in [0.25, 0.3) is 0 Å². The Hall–Kier alpha value is -1.46. The summed E-state index contributed by atoms with van der Waals surface area (Å²) in [6, 6.07) is 0.446. The maximum Gasteiger partial charge on any atom is 0.409 e. The molecule has 0 aromatic carbocycles. The van der Waals surface area contributed by atoms with E-state index in [4.69, 9.17) is 4.74 Å². The van der Waals surface area contributed by atoms with Crippen molar-refractivity contribution in [1.29, 1.82) is 0 Å². The molecule has 1 aliphatic heterocycles. The maximum atomic E-state index is 12.3. The fraction of sp³-hybridized carbons (Fsp3) is 0.889. The topological polar surface area (TPSA) is 70.7 Å². The monoisotopic (exact) mass is 337 g/mol. The first-order valence-electron chi connectivity index (χ1n) is 9.55. The number of hydrogen-bond acceptors (Lipinski definition) is 3. The number of nitrogens with one attached hydrogen (secondary N) is 2. The molecule has 3 amide bonds. The number of rotatable bonds is 2. The smallest absolute Gasteiger partial charge is 0.409 e. The number of ether oxygens (including phenoxy) is 1. The largest absolute Gasteiger partial charge is 0.453 e. The van der Waals surface area contributed by atoms with Crippen LogP contribution in [0.4, 0.5) is 9.59 Å². The number of amides is 3. The standard InChI is InChI=1S/C18H31N3O3/c1-24-18(23)21-10-8-15(9-11-21)19-17(22)20-16-7-6-13-4-2-3-5-14(13)12-16/h13-16H,2-12H2,1H3,(H2,19,20,22). The lowest BCUT2D eigenvalue weighted by Crippen LogP contribution is -2.52. The number of hydrogen-bond donors (Lipinski definition) is 2. The minimum Gasteiger partial charge on any atom is -0.453 e. The van der Waals surface area contributed by atoms with Crippen LogP contribution in [0.2, 0.25) is 0 Å². The van der Waals surface area contributed by atoms with Gasteiger partial charge in [0.05, 0.1) is 7.11 Å². The van der Waals surface area contributed by atoms with Crippen molar-refractivity contribution in [3.05, 3.63) is 0 Å². The summed E-state index contributed by atoms with van der Waals surface area (Å²) < 4.78 is 4.74. The molecule has 0 aromatic heterocycles. The van der Waals surface area contributed by atoms with Gasteiger partial charge in [0.1, 0.15) is 0 Å². The van der Waals surface area contributed by atoms with Crippen LogP contribution >= 0.6 is 0 Å². The van der Waals surface area contributed by atoms with Crippen molar-refractivity contribution in [1.82, 2.24) is 15.5 Å². The molecule has 3 atom stereocenters. The van der Waals surface area contributed by atoms with Crippen molar-refractivity contribution in [2.75, 3.05) is 20.2 Å². The number of carbonyl (C=O) groups is 2. The Bertz CT molecular complexity index is 449. The third-order valence-electron chi connectivity index (χ3n) is 6.14. The number of piperidine rings is 1. The second-order valence-electron chi connectivity index (χ2n) is 7.66. The van der Waals surface area contributed by atoms with Gasteiger partial charge < -0.3 is 20.3 Å². The molecule has 0 bridgehead atoms. The van der Waals surface area contributed by atoms with Gasteiger partial charge in [0.25, 0.3) is 0 Å². The van der Waals surface area contributed by atoms with Gasteiger partial charge in [-0.2, -0.15) is 0 Å². The van der Waals surface area contributed by atoms with E-state index >= 15 is 0 Å². The van der Waals surface area contributed by atoms with Crippen molar-refractivity contribution in [3.63, 3.8) is 0 Å². The van der Waals surface area contributed by atoms with Crippen molar-refractivity contribution < 1.29 is 14.3 Å². The minimum atomic E-state index is -0.276. The quantitative estimate of drug-likeness (QED) is 0.814. The van der Waals surface area contributed by atoms with E-state index in [1.165, 1.54) is 39.2 Å². The van der Waals surface area contributed by atoms with Crippen LogP contribution in [0.1, 0.15) is 57.8 Å². The van der Waals surface area contributed by atoms with E-state index in [1.807, 2.05) is 0 Å². The van der Waals surface area contributed by atoms with E-state index in [-0.39, 0.29) is 18.2 Å². The summed E-state index contributed by atoms with van der Waals surface area (Å²) in [6.45, 7) is 1.29. The molecule has 3 fully saturated rings. The Balaban J connectivity index is 1.38. The van der Waals surface area contributed by atoms with Crippen molar-refractivity contribution in [2.45, 2.75) is 69.9 Å². The van der Waals surface area contributed by atoms with Crippen LogP contribution in [-0.2, 0) is 4.74 Å². The maximum absolute atomic E-state index is 12.3. The molecule has 2 aliphatic carbocycles. The highest BCUT2D eigenvalue weighted by molar-refractivity contribution is 5.74. The fourth-order valence-electron chi connectivity index (χ4n) is 4.75. The normalized spacial score (nSPS) is 31.0. The van der Waals surface area contributed by atoms with Crippen LogP contribution in [0.3, 0.4) is 0 Å². The Labute approximate surface area is 144 Å². The average molecular weight is 337 g/mol. The second-order valence-corrected chi connectivity index (χ2v) is 7.66. The highest BCUT2D eigenvalue weighted by Gasteiger charge is 2.33. The molecule has 1 heterocycles. The molecule has 2 N–H and O–H groups in total. The fourth-order valence-corrected chi connectivity index (χ4v) is 4.75. The zero-order chi connectivity index (χ0) is 16.9. The molecule has 3 aliphatic rings. The average Bonchev–Trinajstić information content (AvgIpc) is 2.61. The first-order chi connectivity index (χ1) is 11.7. The predicted octanol–water partition coefficient (Wildman–Crippen LogP) is 2.88. The van der Waals surface area contributed by atoms with Crippen LogP contribution < -0.4 is 10.6 Å². The summed E-state index contributed by atoms with van der Waals surface area (Å²) in [5.74, 6) is 1.73. The van der Waals surface area contributed by atoms with Gasteiger partial charge in [0.2, 0.25) is 0 Å². The Kier molecular flexibility index (Phi) is 5.85. The number of carbonyl (C=O) groups excluding carboxylic acids is 2. The zero-order valence-electron chi connectivity index (χ0n) is 14.8. The summed E-state index contributed by atoms with van der Waals surface area (Å²) in [5.41, 5.74) is 0. The molecule has 0 aromatic rings. The van der Waals surface area contributed by atoms with Gasteiger partial charge in [-0.25, -0.2) is 9.59 Å². The molecule has 0 spiro atoms. The van der Waals surface area contributed by atoms with E-state index in [9.17, 15) is 9.59 Å². The van der Waals surface area contributed by atoms with Crippen LogP contribution in [0.15, 0.2) is 0 Å². The van der Waals surface area contributed by atoms with E-state index < -0.39 is 0 Å². The minimum absolute atomic E-state index is 0.0363. The van der Waals surface area contributed by atoms with Crippen LogP contribution in [0.5, 0.6) is 0 Å². The number of nitrogens with zero attached hydrogens (tertiary/aromatic N) is 1. The first-order valence-corrected chi connectivity index (χ1v) is 9.55. The third-order valence-corrected chi connectivity index (χ3v) is 6.14. The van der Waals surface area contributed by atoms with E-state index in [0.29, 0.717) is 19.1 Å². The molecular formula is C18H31N3O3. The molecule has 2 saturated carbocycles. The molecular weight excluding hydrogens is 306 g/mol. The van der Waals surface area contributed by atoms with Crippen molar-refractivity contribution >= 4 is 12.1 Å². The van der Waals surface area contributed by atoms with Gasteiger partial charge in [0, 0.05) is 25.2 Å². The molecule has 0 radical (unpaired) electrons. The zero-order valence-corrected chi connectivity index (χ0v) is 14.8. The number of likely N-dealkylation sites (tertiary alicyclic amines) is 1. The Morgan fingerprint density at radius 2 is 1.54 bits per heavy atom. The van der Waals surface area contributed by atoms with Gasteiger partial charge in [-0.1, -0.05) is 25.7 Å². The highest BCUT2D eigenvalue weighted by atomic mass is 16.5. The van der Waals surface area contributed by atoms with E-state index in [0.717, 1.165) is 37.5 Å². The van der Waals surface area contributed by atoms with Gasteiger partial charge >= 0.3 is 12.1 Å². The summed E-state index contributed by atoms with van der Waals surface area (Å²) in [4.78, 5) is 25.5. The summed E-state index contributed by atoms with van der Waals surface area (Å²) >= 11 is 0. The Morgan fingerprint density at radius 3 is 2.25 bits per heavy atom. The molecule has 6 nitrogen and oxygen atoms in total. The lowest BCUT2D eigenvalue weighted by atomic mass is 9.69. The third kappa shape index (κ3) is 4.33. The summed E-state index contributed by atoms with van der Waals surface area (Å²) in [7, 11) is 1.40. The molecule has 24 heavy (non-hydrogen) atoms. The lowest BCUT2D eigenvalue weighted by Gasteiger charge is -2.39. The molecule has 3 rings (SSSR count). The molecule has 3 unspecified atom stereocenters. The van der Waals surface area contributed by atoms with Crippen molar-refractivity contribution in [3.8, 4) is 0 Å². The number of fused-ring (bicyclic) bond motifs is 1. The van der Waals surface area contributed by atoms with E-state index in [1.54, 1.807) is 4.90 Å². The van der Waals surface area contributed by atoms with Crippen LogP contribution in [-0.4, -0.2) is 49.3 Å². The lowest BCUT2D eigenvalue weighted by molar-refractivity contribution is 0.110. The SMILES string of the molecule is COC(=O)N1CCC(NC(=O)NC2CCC3CCCCC3C2)CC1. The van der Waals surface area contributed by atoms with Gasteiger partial charge in [-0.05, 0) is 43.9 Å². The highest BCUT2D eigenvalue weighted by Crippen LogP contribution is 2.40. The first kappa shape index (κ1) is 17.4. The molecule has 136 valence electrons. The van der Waals surface area contributed by atoms with Crippen LogP contribution in [0, 0.1) is 11.8 Å². The number of methoxy groups -OCH3 is 1. The molecule has 6 heteroatoms. The predicted molar refractivity (Wildman–Crippen MR) is 91.8 cm³/mol.